The average molecular weight is 337 g/mol. The summed E-state index contributed by atoms with van der Waals surface area (Å²) in [4.78, 5) is 34.7. The van der Waals surface area contributed by atoms with E-state index in [1.54, 1.807) is 12.1 Å². The van der Waals surface area contributed by atoms with Gasteiger partial charge in [0.15, 0.2) is 30.0 Å². The predicted octanol–water partition coefficient (Wildman–Crippen LogP) is 1.73. The zero-order chi connectivity index (χ0) is 18.1. The van der Waals surface area contributed by atoms with Gasteiger partial charge in [0.25, 0.3) is 5.91 Å². The molecule has 24 heavy (non-hydrogen) atoms. The Labute approximate surface area is 141 Å². The molecule has 0 fully saturated rings. The fourth-order valence-electron chi connectivity index (χ4n) is 1.82. The highest BCUT2D eigenvalue weighted by molar-refractivity contribution is 5.94. The molecule has 1 amide bonds. The number of hydrogen-bond acceptors (Lipinski definition) is 6. The Hall–Kier alpha value is -2.57. The molecule has 7 heteroatoms. The van der Waals surface area contributed by atoms with Gasteiger partial charge in [-0.15, -0.1) is 0 Å². The van der Waals surface area contributed by atoms with Crippen molar-refractivity contribution in [3.05, 3.63) is 23.8 Å². The van der Waals surface area contributed by atoms with Gasteiger partial charge < -0.3 is 19.5 Å². The molecule has 0 radical (unpaired) electrons. The molecule has 1 rings (SSSR count). The highest BCUT2D eigenvalue weighted by atomic mass is 16.6. The van der Waals surface area contributed by atoms with E-state index in [0.717, 1.165) is 6.42 Å². The summed E-state index contributed by atoms with van der Waals surface area (Å²) in [6.45, 7) is 5.01. The molecular formula is C17H23NO6. The number of esters is 1. The second kappa shape index (κ2) is 9.54. The van der Waals surface area contributed by atoms with Crippen LogP contribution in [0.3, 0.4) is 0 Å². The Balaban J connectivity index is 2.58. The molecule has 0 bridgehead atoms. The fourth-order valence-corrected chi connectivity index (χ4v) is 1.82. The third kappa shape index (κ3) is 5.91. The molecule has 0 unspecified atom stereocenters. The molecule has 0 saturated carbocycles. The van der Waals surface area contributed by atoms with Gasteiger partial charge in [0.1, 0.15) is 0 Å². The van der Waals surface area contributed by atoms with Gasteiger partial charge in [-0.1, -0.05) is 6.92 Å². The SMILES string of the molecule is CCCNC(=O)[C@H](C)OC(=O)COc1ccc(C(C)=O)cc1OC. The summed E-state index contributed by atoms with van der Waals surface area (Å²) in [6.07, 6.45) is -0.0967. The first-order valence-corrected chi connectivity index (χ1v) is 7.68. The maximum absolute atomic E-state index is 11.8. The summed E-state index contributed by atoms with van der Waals surface area (Å²) in [5.41, 5.74) is 0.475. The van der Waals surface area contributed by atoms with Crippen LogP contribution in [0.2, 0.25) is 0 Å². The molecule has 0 aliphatic carbocycles. The number of ether oxygens (including phenoxy) is 3. The van der Waals surface area contributed by atoms with E-state index < -0.39 is 12.1 Å². The number of methoxy groups -OCH3 is 1. The molecular weight excluding hydrogens is 314 g/mol. The van der Waals surface area contributed by atoms with Crippen LogP contribution in [0.5, 0.6) is 11.5 Å². The number of carbonyl (C=O) groups is 3. The van der Waals surface area contributed by atoms with Gasteiger partial charge in [0.05, 0.1) is 7.11 Å². The zero-order valence-electron chi connectivity index (χ0n) is 14.4. The first-order chi connectivity index (χ1) is 11.4. The predicted molar refractivity (Wildman–Crippen MR) is 87.3 cm³/mol. The van der Waals surface area contributed by atoms with Gasteiger partial charge in [0.2, 0.25) is 0 Å². The topological polar surface area (TPSA) is 90.9 Å². The maximum atomic E-state index is 11.8. The smallest absolute Gasteiger partial charge is 0.344 e. The minimum Gasteiger partial charge on any atom is -0.493 e. The summed E-state index contributed by atoms with van der Waals surface area (Å²) in [5, 5.41) is 2.64. The largest absolute Gasteiger partial charge is 0.493 e. The van der Waals surface area contributed by atoms with Crippen molar-refractivity contribution in [1.29, 1.82) is 0 Å². The lowest BCUT2D eigenvalue weighted by molar-refractivity contribution is -0.156. The molecule has 1 atom stereocenters. The van der Waals surface area contributed by atoms with Crippen LogP contribution >= 0.6 is 0 Å². The monoisotopic (exact) mass is 337 g/mol. The van der Waals surface area contributed by atoms with Crippen molar-refractivity contribution in [2.24, 2.45) is 0 Å². The molecule has 7 nitrogen and oxygen atoms in total. The van der Waals surface area contributed by atoms with Gasteiger partial charge in [-0.2, -0.15) is 0 Å². The summed E-state index contributed by atoms with van der Waals surface area (Å²) >= 11 is 0. The minimum atomic E-state index is -0.894. The van der Waals surface area contributed by atoms with E-state index in [4.69, 9.17) is 14.2 Å². The van der Waals surface area contributed by atoms with Gasteiger partial charge in [0, 0.05) is 12.1 Å². The van der Waals surface area contributed by atoms with Crippen LogP contribution in [0.15, 0.2) is 18.2 Å². The molecule has 0 spiro atoms. The molecule has 132 valence electrons. The van der Waals surface area contributed by atoms with Crippen molar-refractivity contribution < 1.29 is 28.6 Å². The van der Waals surface area contributed by atoms with E-state index in [-0.39, 0.29) is 18.3 Å². The van der Waals surface area contributed by atoms with E-state index in [0.29, 0.717) is 23.6 Å². The standard InChI is InChI=1S/C17H23NO6/c1-5-8-18-17(21)12(3)24-16(20)10-23-14-7-6-13(11(2)19)9-15(14)22-4/h6-7,9,12H,5,8,10H2,1-4H3,(H,18,21)/t12-/m0/s1. The number of rotatable bonds is 9. The quantitative estimate of drug-likeness (QED) is 0.545. The van der Waals surface area contributed by atoms with E-state index in [2.05, 4.69) is 5.32 Å². The first kappa shape index (κ1) is 19.5. The maximum Gasteiger partial charge on any atom is 0.344 e. The number of ketones is 1. The number of hydrogen-bond donors (Lipinski definition) is 1. The molecule has 1 aromatic rings. The fraction of sp³-hybridized carbons (Fsp3) is 0.471. The normalized spacial score (nSPS) is 11.3. The molecule has 0 aromatic heterocycles. The van der Waals surface area contributed by atoms with Crippen LogP contribution in [0.25, 0.3) is 0 Å². The molecule has 1 aromatic carbocycles. The van der Waals surface area contributed by atoms with Gasteiger partial charge in [-0.05, 0) is 38.5 Å². The average Bonchev–Trinajstić information content (AvgIpc) is 2.57. The van der Waals surface area contributed by atoms with Gasteiger partial charge in [-0.25, -0.2) is 4.79 Å². The van der Waals surface area contributed by atoms with Crippen LogP contribution in [0.4, 0.5) is 0 Å². The number of Topliss-reactive ketones (excluding diaryl/α,β-unsaturated/α-hetero) is 1. The number of carbonyl (C=O) groups excluding carboxylic acids is 3. The van der Waals surface area contributed by atoms with Crippen molar-refractivity contribution in [2.45, 2.75) is 33.3 Å². The third-order valence-corrected chi connectivity index (χ3v) is 3.14. The van der Waals surface area contributed by atoms with Crippen molar-refractivity contribution >= 4 is 17.7 Å². The van der Waals surface area contributed by atoms with Crippen molar-refractivity contribution in [3.8, 4) is 11.5 Å². The molecule has 0 aliphatic rings. The summed E-state index contributed by atoms with van der Waals surface area (Å²) in [5.74, 6) is -0.488. The molecule has 0 saturated heterocycles. The Bertz CT molecular complexity index is 599. The lowest BCUT2D eigenvalue weighted by Crippen LogP contribution is -2.37. The highest BCUT2D eigenvalue weighted by Crippen LogP contribution is 2.28. The summed E-state index contributed by atoms with van der Waals surface area (Å²) < 4.78 is 15.5. The molecule has 1 N–H and O–H groups in total. The van der Waals surface area contributed by atoms with E-state index in [1.165, 1.54) is 27.0 Å². The van der Waals surface area contributed by atoms with Crippen LogP contribution in [-0.4, -0.2) is 44.0 Å². The van der Waals surface area contributed by atoms with Crippen molar-refractivity contribution in [3.63, 3.8) is 0 Å². The van der Waals surface area contributed by atoms with Crippen LogP contribution in [-0.2, 0) is 14.3 Å². The second-order valence-electron chi connectivity index (χ2n) is 5.13. The van der Waals surface area contributed by atoms with Crippen molar-refractivity contribution in [2.75, 3.05) is 20.3 Å². The van der Waals surface area contributed by atoms with Crippen LogP contribution in [0.1, 0.15) is 37.6 Å². The lowest BCUT2D eigenvalue weighted by atomic mass is 10.1. The van der Waals surface area contributed by atoms with E-state index in [1.807, 2.05) is 6.92 Å². The van der Waals surface area contributed by atoms with Crippen LogP contribution < -0.4 is 14.8 Å². The Morgan fingerprint density at radius 1 is 1.21 bits per heavy atom. The first-order valence-electron chi connectivity index (χ1n) is 7.68. The lowest BCUT2D eigenvalue weighted by Gasteiger charge is -2.14. The summed E-state index contributed by atoms with van der Waals surface area (Å²) in [6, 6.07) is 4.65. The number of benzene rings is 1. The summed E-state index contributed by atoms with van der Waals surface area (Å²) in [7, 11) is 1.44. The minimum absolute atomic E-state index is 0.105. The Morgan fingerprint density at radius 2 is 1.92 bits per heavy atom. The van der Waals surface area contributed by atoms with Gasteiger partial charge in [-0.3, -0.25) is 9.59 Å². The van der Waals surface area contributed by atoms with Crippen molar-refractivity contribution in [1.82, 2.24) is 5.32 Å². The van der Waals surface area contributed by atoms with Crippen LogP contribution in [0, 0.1) is 0 Å². The second-order valence-corrected chi connectivity index (χ2v) is 5.13. The Morgan fingerprint density at radius 3 is 2.50 bits per heavy atom. The molecule has 0 aliphatic heterocycles. The highest BCUT2D eigenvalue weighted by Gasteiger charge is 2.18. The van der Waals surface area contributed by atoms with E-state index >= 15 is 0 Å². The Kier molecular flexibility index (Phi) is 7.74. The third-order valence-electron chi connectivity index (χ3n) is 3.14. The number of nitrogens with one attached hydrogen (secondary N) is 1. The zero-order valence-corrected chi connectivity index (χ0v) is 14.4. The number of amides is 1. The van der Waals surface area contributed by atoms with Gasteiger partial charge >= 0.3 is 5.97 Å². The van der Waals surface area contributed by atoms with E-state index in [9.17, 15) is 14.4 Å². The molecule has 0 heterocycles.